The van der Waals surface area contributed by atoms with Gasteiger partial charge in [-0.15, -0.1) is 0 Å². The number of rotatable bonds is 6. The van der Waals surface area contributed by atoms with Crippen molar-refractivity contribution in [2.45, 2.75) is 25.3 Å². The number of hydrogen-bond acceptors (Lipinski definition) is 5. The van der Waals surface area contributed by atoms with E-state index in [9.17, 15) is 4.79 Å². The van der Waals surface area contributed by atoms with E-state index < -0.39 is 5.91 Å². The minimum absolute atomic E-state index is 0.190. The first-order chi connectivity index (χ1) is 9.11. The highest BCUT2D eigenvalue weighted by Gasteiger charge is 2.29. The van der Waals surface area contributed by atoms with Crippen molar-refractivity contribution in [3.05, 3.63) is 24.0 Å². The third-order valence-electron chi connectivity index (χ3n) is 3.05. The number of pyridine rings is 1. The maximum atomic E-state index is 11.1. The fourth-order valence-electron chi connectivity index (χ4n) is 1.93. The Hall–Kier alpha value is -2.31. The van der Waals surface area contributed by atoms with Crippen molar-refractivity contribution >= 4 is 17.4 Å². The van der Waals surface area contributed by atoms with Crippen LogP contribution in [-0.4, -0.2) is 34.5 Å². The third-order valence-corrected chi connectivity index (χ3v) is 3.05. The molecule has 1 heterocycles. The maximum absolute atomic E-state index is 11.1. The number of carbonyl (C=O) groups excluding carboxylic acids is 1. The number of aromatic nitrogens is 1. The molecule has 0 aromatic carbocycles. The van der Waals surface area contributed by atoms with Gasteiger partial charge in [-0.25, -0.2) is 0 Å². The number of amides is 1. The van der Waals surface area contributed by atoms with Gasteiger partial charge in [0.1, 0.15) is 11.5 Å². The van der Waals surface area contributed by atoms with Gasteiger partial charge < -0.3 is 21.6 Å². The zero-order chi connectivity index (χ0) is 13.8. The lowest BCUT2D eigenvalue weighted by Gasteiger charge is -2.24. The molecular weight excluding hydrogens is 246 g/mol. The molecule has 2 rings (SSSR count). The van der Waals surface area contributed by atoms with E-state index in [2.05, 4.69) is 15.0 Å². The minimum Gasteiger partial charge on any atom is -0.409 e. The lowest BCUT2D eigenvalue weighted by atomic mass is 10.2. The lowest BCUT2D eigenvalue weighted by molar-refractivity contribution is 0.0995. The van der Waals surface area contributed by atoms with Gasteiger partial charge in [0.2, 0.25) is 0 Å². The van der Waals surface area contributed by atoms with Gasteiger partial charge in [0.15, 0.2) is 0 Å². The van der Waals surface area contributed by atoms with E-state index >= 15 is 0 Å². The summed E-state index contributed by atoms with van der Waals surface area (Å²) in [7, 11) is 0. The van der Waals surface area contributed by atoms with Crippen LogP contribution in [-0.2, 0) is 0 Å². The van der Waals surface area contributed by atoms with Crippen LogP contribution in [0.5, 0.6) is 0 Å². The van der Waals surface area contributed by atoms with E-state index in [0.717, 1.165) is 18.5 Å². The number of oxime groups is 1. The van der Waals surface area contributed by atoms with Gasteiger partial charge in [-0.05, 0) is 25.0 Å². The number of primary amides is 1. The molecule has 0 bridgehead atoms. The number of nitrogens with two attached hydrogens (primary N) is 2. The monoisotopic (exact) mass is 263 g/mol. The summed E-state index contributed by atoms with van der Waals surface area (Å²) in [5.41, 5.74) is 11.8. The van der Waals surface area contributed by atoms with Crippen LogP contribution in [0.4, 0.5) is 5.69 Å². The van der Waals surface area contributed by atoms with E-state index in [1.165, 1.54) is 0 Å². The molecule has 0 radical (unpaired) electrons. The van der Waals surface area contributed by atoms with Crippen molar-refractivity contribution in [2.24, 2.45) is 16.6 Å². The molecule has 7 heteroatoms. The molecule has 5 N–H and O–H groups in total. The SMILES string of the molecule is NC(=O)c1cc(N(CC/C(N)=N/O)C2CC2)ccn1. The van der Waals surface area contributed by atoms with Crippen molar-refractivity contribution in [2.75, 3.05) is 11.4 Å². The molecule has 1 aromatic heterocycles. The van der Waals surface area contributed by atoms with Crippen LogP contribution < -0.4 is 16.4 Å². The number of anilines is 1. The smallest absolute Gasteiger partial charge is 0.267 e. The van der Waals surface area contributed by atoms with E-state index in [-0.39, 0.29) is 11.5 Å². The number of carbonyl (C=O) groups is 1. The second kappa shape index (κ2) is 5.55. The average Bonchev–Trinajstić information content (AvgIpc) is 3.23. The van der Waals surface area contributed by atoms with E-state index in [0.29, 0.717) is 19.0 Å². The predicted octanol–water partition coefficient (Wildman–Crippen LogP) is 0.286. The van der Waals surface area contributed by atoms with Crippen molar-refractivity contribution in [3.8, 4) is 0 Å². The van der Waals surface area contributed by atoms with Gasteiger partial charge >= 0.3 is 0 Å². The zero-order valence-corrected chi connectivity index (χ0v) is 10.5. The number of hydrogen-bond donors (Lipinski definition) is 3. The van der Waals surface area contributed by atoms with E-state index in [4.69, 9.17) is 16.7 Å². The molecule has 7 nitrogen and oxygen atoms in total. The van der Waals surface area contributed by atoms with Gasteiger partial charge in [0.05, 0.1) is 0 Å². The Kier molecular flexibility index (Phi) is 3.84. The molecule has 0 saturated heterocycles. The minimum atomic E-state index is -0.547. The summed E-state index contributed by atoms with van der Waals surface area (Å²) in [6.45, 7) is 0.628. The Morgan fingerprint density at radius 2 is 2.26 bits per heavy atom. The number of amidine groups is 1. The standard InChI is InChI=1S/C12H17N5O2/c13-11(16-19)4-6-17(8-1-2-8)9-3-5-15-10(7-9)12(14)18/h3,5,7-8,19H,1-2,4,6H2,(H2,13,16)(H2,14,18). The molecule has 19 heavy (non-hydrogen) atoms. The Labute approximate surface area is 110 Å². The van der Waals surface area contributed by atoms with Crippen LogP contribution in [0.3, 0.4) is 0 Å². The van der Waals surface area contributed by atoms with Crippen molar-refractivity contribution in [3.63, 3.8) is 0 Å². The van der Waals surface area contributed by atoms with Crippen LogP contribution >= 0.6 is 0 Å². The highest BCUT2D eigenvalue weighted by atomic mass is 16.4. The molecule has 1 amide bonds. The highest BCUT2D eigenvalue weighted by molar-refractivity contribution is 5.91. The second-order valence-electron chi connectivity index (χ2n) is 4.53. The van der Waals surface area contributed by atoms with E-state index in [1.807, 2.05) is 6.07 Å². The second-order valence-corrected chi connectivity index (χ2v) is 4.53. The topological polar surface area (TPSA) is 118 Å². The molecule has 0 atom stereocenters. The summed E-state index contributed by atoms with van der Waals surface area (Å²) in [5.74, 6) is -0.358. The normalized spacial score (nSPS) is 15.3. The summed E-state index contributed by atoms with van der Waals surface area (Å²) in [6, 6.07) is 3.94. The van der Waals surface area contributed by atoms with Crippen LogP contribution in [0.1, 0.15) is 29.8 Å². The van der Waals surface area contributed by atoms with Crippen LogP contribution in [0, 0.1) is 0 Å². The van der Waals surface area contributed by atoms with Crippen LogP contribution in [0.2, 0.25) is 0 Å². The van der Waals surface area contributed by atoms with E-state index in [1.54, 1.807) is 12.3 Å². The number of nitrogens with zero attached hydrogens (tertiary/aromatic N) is 3. The van der Waals surface area contributed by atoms with Crippen LogP contribution in [0.25, 0.3) is 0 Å². The largest absolute Gasteiger partial charge is 0.409 e. The first-order valence-electron chi connectivity index (χ1n) is 6.10. The summed E-state index contributed by atoms with van der Waals surface area (Å²) in [5, 5.41) is 11.5. The fraction of sp³-hybridized carbons (Fsp3) is 0.417. The molecule has 1 saturated carbocycles. The van der Waals surface area contributed by atoms with Crippen molar-refractivity contribution in [1.82, 2.24) is 4.98 Å². The van der Waals surface area contributed by atoms with Crippen molar-refractivity contribution in [1.29, 1.82) is 0 Å². The molecule has 1 aromatic rings. The predicted molar refractivity (Wildman–Crippen MR) is 71.1 cm³/mol. The first-order valence-corrected chi connectivity index (χ1v) is 6.10. The molecule has 0 unspecified atom stereocenters. The zero-order valence-electron chi connectivity index (χ0n) is 10.5. The van der Waals surface area contributed by atoms with Gasteiger partial charge in [-0.3, -0.25) is 9.78 Å². The van der Waals surface area contributed by atoms with Gasteiger partial charge in [-0.2, -0.15) is 0 Å². The summed E-state index contributed by atoms with van der Waals surface area (Å²) >= 11 is 0. The lowest BCUT2D eigenvalue weighted by Crippen LogP contribution is -2.30. The maximum Gasteiger partial charge on any atom is 0.267 e. The molecule has 0 aliphatic heterocycles. The Morgan fingerprint density at radius 3 is 2.84 bits per heavy atom. The summed E-state index contributed by atoms with van der Waals surface area (Å²) < 4.78 is 0. The van der Waals surface area contributed by atoms with Gasteiger partial charge in [0, 0.05) is 30.9 Å². The fourth-order valence-corrected chi connectivity index (χ4v) is 1.93. The first kappa shape index (κ1) is 13.1. The molecular formula is C12H17N5O2. The van der Waals surface area contributed by atoms with Crippen molar-refractivity contribution < 1.29 is 10.0 Å². The highest BCUT2D eigenvalue weighted by Crippen LogP contribution is 2.31. The third kappa shape index (κ3) is 3.34. The molecule has 1 aliphatic carbocycles. The van der Waals surface area contributed by atoms with Gasteiger partial charge in [0.25, 0.3) is 5.91 Å². The van der Waals surface area contributed by atoms with Crippen LogP contribution in [0.15, 0.2) is 23.5 Å². The Morgan fingerprint density at radius 1 is 1.53 bits per heavy atom. The van der Waals surface area contributed by atoms with Gasteiger partial charge in [-0.1, -0.05) is 5.16 Å². The quantitative estimate of drug-likeness (QED) is 0.295. The summed E-state index contributed by atoms with van der Waals surface area (Å²) in [6.07, 6.45) is 4.23. The Balaban J connectivity index is 2.14. The average molecular weight is 263 g/mol. The Bertz CT molecular complexity index is 499. The molecule has 0 spiro atoms. The molecule has 1 aliphatic rings. The molecule has 1 fully saturated rings. The summed E-state index contributed by atoms with van der Waals surface area (Å²) in [4.78, 5) is 17.2. The molecule has 102 valence electrons.